The summed E-state index contributed by atoms with van der Waals surface area (Å²) in [5.41, 5.74) is 4.30. The summed E-state index contributed by atoms with van der Waals surface area (Å²) in [4.78, 5) is 0. The Morgan fingerprint density at radius 1 is 0.950 bits per heavy atom. The number of allylic oxidation sites excluding steroid dienone is 1. The van der Waals surface area contributed by atoms with Gasteiger partial charge in [-0.15, -0.1) is 0 Å². The molecule has 0 aliphatic heterocycles. The summed E-state index contributed by atoms with van der Waals surface area (Å²) >= 11 is 0. The molecule has 0 bridgehead atoms. The third-order valence-electron chi connectivity index (χ3n) is 3.03. The van der Waals surface area contributed by atoms with E-state index < -0.39 is 0 Å². The lowest BCUT2D eigenvalue weighted by Gasteiger charge is -2.05. The van der Waals surface area contributed by atoms with E-state index in [-0.39, 0.29) is 0 Å². The van der Waals surface area contributed by atoms with E-state index in [1.165, 1.54) is 48.8 Å². The van der Waals surface area contributed by atoms with Gasteiger partial charge in [-0.25, -0.2) is 0 Å². The molecule has 0 fully saturated rings. The quantitative estimate of drug-likeness (QED) is 0.492. The van der Waals surface area contributed by atoms with Crippen LogP contribution in [0.4, 0.5) is 0 Å². The summed E-state index contributed by atoms with van der Waals surface area (Å²) in [5.74, 6) is 0.833. The van der Waals surface area contributed by atoms with E-state index in [0.29, 0.717) is 0 Å². The first-order valence-electron chi connectivity index (χ1n) is 8.24. The molecular formula is C20H34. The zero-order valence-electron chi connectivity index (χ0n) is 14.3. The molecule has 1 rings (SSSR count). The van der Waals surface area contributed by atoms with E-state index in [0.717, 1.165) is 12.3 Å². The van der Waals surface area contributed by atoms with Crippen molar-refractivity contribution < 1.29 is 0 Å². The van der Waals surface area contributed by atoms with Crippen molar-refractivity contribution in [1.82, 2.24) is 0 Å². The van der Waals surface area contributed by atoms with Gasteiger partial charge in [0, 0.05) is 0 Å². The van der Waals surface area contributed by atoms with Crippen molar-refractivity contribution >= 4 is 0 Å². The predicted octanol–water partition coefficient (Wildman–Crippen LogP) is 6.59. The molecule has 0 atom stereocenters. The van der Waals surface area contributed by atoms with Gasteiger partial charge in [-0.2, -0.15) is 0 Å². The van der Waals surface area contributed by atoms with Crippen LogP contribution in [-0.2, 0) is 12.8 Å². The maximum atomic E-state index is 4.10. The van der Waals surface area contributed by atoms with Crippen molar-refractivity contribution in [2.75, 3.05) is 0 Å². The molecule has 0 amide bonds. The second-order valence-corrected chi connectivity index (χ2v) is 6.26. The van der Waals surface area contributed by atoms with Crippen LogP contribution < -0.4 is 0 Å². The third kappa shape index (κ3) is 10.8. The van der Waals surface area contributed by atoms with Crippen LogP contribution in [-0.4, -0.2) is 0 Å². The standard InChI is InChI=1S/C16H24.C4H10/c1-4-7-14(3)8-6-9-16-12-10-15(5-2)11-13-16;1-4(2)3/h10-13H,3-9H2,1-2H3;4H,1-3H3. The molecule has 1 aromatic rings. The van der Waals surface area contributed by atoms with E-state index in [9.17, 15) is 0 Å². The molecule has 0 aliphatic rings. The van der Waals surface area contributed by atoms with Gasteiger partial charge in [-0.05, 0) is 49.1 Å². The molecular weight excluding hydrogens is 240 g/mol. The monoisotopic (exact) mass is 274 g/mol. The van der Waals surface area contributed by atoms with Gasteiger partial charge in [0.1, 0.15) is 0 Å². The summed E-state index contributed by atoms with van der Waals surface area (Å²) in [7, 11) is 0. The molecule has 0 saturated carbocycles. The van der Waals surface area contributed by atoms with Crippen LogP contribution in [0.3, 0.4) is 0 Å². The minimum Gasteiger partial charge on any atom is -0.0999 e. The van der Waals surface area contributed by atoms with Gasteiger partial charge in [0.05, 0.1) is 0 Å². The fourth-order valence-electron chi connectivity index (χ4n) is 1.96. The maximum Gasteiger partial charge on any atom is -0.0276 e. The summed E-state index contributed by atoms with van der Waals surface area (Å²) in [6.07, 6.45) is 7.16. The fourth-order valence-corrected chi connectivity index (χ4v) is 1.96. The normalized spacial score (nSPS) is 10.1. The van der Waals surface area contributed by atoms with E-state index in [4.69, 9.17) is 0 Å². The fraction of sp³-hybridized carbons (Fsp3) is 0.600. The van der Waals surface area contributed by atoms with Gasteiger partial charge >= 0.3 is 0 Å². The molecule has 0 aromatic heterocycles. The Labute approximate surface area is 127 Å². The van der Waals surface area contributed by atoms with Crippen LogP contribution >= 0.6 is 0 Å². The molecule has 0 radical (unpaired) electrons. The Bertz CT molecular complexity index is 340. The topological polar surface area (TPSA) is 0 Å². The molecule has 114 valence electrons. The van der Waals surface area contributed by atoms with Crippen LogP contribution in [0, 0.1) is 5.92 Å². The third-order valence-corrected chi connectivity index (χ3v) is 3.03. The first-order valence-corrected chi connectivity index (χ1v) is 8.24. The van der Waals surface area contributed by atoms with Crippen LogP contribution in [0.2, 0.25) is 0 Å². The summed E-state index contributed by atoms with van der Waals surface area (Å²) in [6, 6.07) is 9.02. The molecule has 0 saturated heterocycles. The molecule has 0 heteroatoms. The van der Waals surface area contributed by atoms with Crippen molar-refractivity contribution in [2.24, 2.45) is 5.92 Å². The average Bonchev–Trinajstić information content (AvgIpc) is 2.39. The first kappa shape index (κ1) is 19.0. The minimum absolute atomic E-state index is 0.833. The van der Waals surface area contributed by atoms with Gasteiger partial charge in [0.15, 0.2) is 0 Å². The highest BCUT2D eigenvalue weighted by molar-refractivity contribution is 5.22. The van der Waals surface area contributed by atoms with Crippen molar-refractivity contribution in [3.05, 3.63) is 47.5 Å². The molecule has 0 aliphatic carbocycles. The van der Waals surface area contributed by atoms with Gasteiger partial charge in [-0.1, -0.05) is 77.5 Å². The first-order chi connectivity index (χ1) is 9.49. The molecule has 0 unspecified atom stereocenters. The smallest absolute Gasteiger partial charge is 0.0276 e. The van der Waals surface area contributed by atoms with Crippen molar-refractivity contribution in [2.45, 2.75) is 73.1 Å². The number of aryl methyl sites for hydroxylation is 2. The lowest BCUT2D eigenvalue weighted by molar-refractivity contribution is 0.737. The van der Waals surface area contributed by atoms with Crippen LogP contribution in [0.5, 0.6) is 0 Å². The Morgan fingerprint density at radius 2 is 1.45 bits per heavy atom. The second kappa shape index (κ2) is 11.8. The largest absolute Gasteiger partial charge is 0.0999 e. The Kier molecular flexibility index (Phi) is 11.1. The molecule has 0 nitrogen and oxygen atoms in total. The predicted molar refractivity (Wildman–Crippen MR) is 93.3 cm³/mol. The van der Waals surface area contributed by atoms with Crippen molar-refractivity contribution in [1.29, 1.82) is 0 Å². The lowest BCUT2D eigenvalue weighted by atomic mass is 10.0. The van der Waals surface area contributed by atoms with E-state index in [2.05, 4.69) is 65.5 Å². The van der Waals surface area contributed by atoms with Crippen LogP contribution in [0.1, 0.15) is 71.4 Å². The molecule has 20 heavy (non-hydrogen) atoms. The number of hydrogen-bond donors (Lipinski definition) is 0. The van der Waals surface area contributed by atoms with Gasteiger partial charge < -0.3 is 0 Å². The summed E-state index contributed by atoms with van der Waals surface area (Å²) in [6.45, 7) is 15.0. The summed E-state index contributed by atoms with van der Waals surface area (Å²) in [5, 5.41) is 0. The van der Waals surface area contributed by atoms with Gasteiger partial charge in [0.25, 0.3) is 0 Å². The highest BCUT2D eigenvalue weighted by Gasteiger charge is 1.96. The summed E-state index contributed by atoms with van der Waals surface area (Å²) < 4.78 is 0. The highest BCUT2D eigenvalue weighted by atomic mass is 14.0. The molecule has 0 N–H and O–H groups in total. The molecule has 1 aromatic carbocycles. The van der Waals surface area contributed by atoms with Gasteiger partial charge in [-0.3, -0.25) is 0 Å². The second-order valence-electron chi connectivity index (χ2n) is 6.26. The van der Waals surface area contributed by atoms with E-state index >= 15 is 0 Å². The van der Waals surface area contributed by atoms with E-state index in [1.807, 2.05) is 0 Å². The van der Waals surface area contributed by atoms with Crippen LogP contribution in [0.25, 0.3) is 0 Å². The zero-order valence-corrected chi connectivity index (χ0v) is 14.3. The number of hydrogen-bond acceptors (Lipinski definition) is 0. The number of rotatable bonds is 7. The number of benzene rings is 1. The minimum atomic E-state index is 0.833. The zero-order chi connectivity index (χ0) is 15.4. The van der Waals surface area contributed by atoms with Crippen LogP contribution in [0.15, 0.2) is 36.4 Å². The highest BCUT2D eigenvalue weighted by Crippen LogP contribution is 2.13. The SMILES string of the molecule is C=C(CCC)CCCc1ccc(CC)cc1.CC(C)C. The Hall–Kier alpha value is -1.04. The van der Waals surface area contributed by atoms with Crippen molar-refractivity contribution in [3.63, 3.8) is 0 Å². The Morgan fingerprint density at radius 3 is 1.90 bits per heavy atom. The Balaban J connectivity index is 0.000000796. The van der Waals surface area contributed by atoms with E-state index in [1.54, 1.807) is 0 Å². The maximum absolute atomic E-state index is 4.10. The lowest BCUT2D eigenvalue weighted by Crippen LogP contribution is -1.89. The van der Waals surface area contributed by atoms with Crippen molar-refractivity contribution in [3.8, 4) is 0 Å². The molecule has 0 spiro atoms. The average molecular weight is 274 g/mol. The van der Waals surface area contributed by atoms with Gasteiger partial charge in [0.2, 0.25) is 0 Å². The molecule has 0 heterocycles.